The van der Waals surface area contributed by atoms with Crippen LogP contribution < -0.4 is 10.6 Å². The van der Waals surface area contributed by atoms with Crippen LogP contribution in [0.15, 0.2) is 30.7 Å². The molecule has 8 nitrogen and oxygen atoms in total. The molecule has 2 aromatic rings. The fourth-order valence-electron chi connectivity index (χ4n) is 3.10. The van der Waals surface area contributed by atoms with E-state index in [4.69, 9.17) is 4.74 Å². The third kappa shape index (κ3) is 4.45. The molecular weight excluding hydrogens is 334 g/mol. The first-order valence-electron chi connectivity index (χ1n) is 8.70. The Balaban J connectivity index is 1.58. The second kappa shape index (κ2) is 8.57. The number of amides is 2. The Morgan fingerprint density at radius 2 is 2.31 bits per heavy atom. The molecule has 1 unspecified atom stereocenters. The van der Waals surface area contributed by atoms with Gasteiger partial charge < -0.3 is 15.4 Å². The van der Waals surface area contributed by atoms with Crippen molar-refractivity contribution < 1.29 is 14.3 Å². The number of hydrogen-bond donors (Lipinski definition) is 2. The highest BCUT2D eigenvalue weighted by atomic mass is 16.5. The molecule has 0 saturated heterocycles. The summed E-state index contributed by atoms with van der Waals surface area (Å²) in [6.45, 7) is 1.00. The summed E-state index contributed by atoms with van der Waals surface area (Å²) in [4.78, 5) is 28.8. The van der Waals surface area contributed by atoms with Gasteiger partial charge in [-0.15, -0.1) is 0 Å². The molecule has 1 aliphatic carbocycles. The van der Waals surface area contributed by atoms with Crippen molar-refractivity contribution in [3.63, 3.8) is 0 Å². The monoisotopic (exact) mass is 357 g/mol. The first-order chi connectivity index (χ1) is 12.7. The van der Waals surface area contributed by atoms with Crippen molar-refractivity contribution in [3.05, 3.63) is 42.0 Å². The number of aromatic nitrogens is 3. The van der Waals surface area contributed by atoms with Crippen molar-refractivity contribution in [2.45, 2.75) is 31.7 Å². The van der Waals surface area contributed by atoms with Crippen LogP contribution in [0.4, 0.5) is 5.69 Å². The van der Waals surface area contributed by atoms with Gasteiger partial charge in [0, 0.05) is 26.0 Å². The molecule has 2 heterocycles. The normalized spacial score (nSPS) is 16.0. The van der Waals surface area contributed by atoms with Crippen molar-refractivity contribution in [2.24, 2.45) is 0 Å². The SMILES string of the molecule is COCCNC(=O)Cn1cc(NC(=O)C2CCCc3cccnc32)cn1. The number of carbonyl (C=O) groups excluding carboxylic acids is 2. The fraction of sp³-hybridized carbons (Fsp3) is 0.444. The first-order valence-corrected chi connectivity index (χ1v) is 8.70. The maximum Gasteiger partial charge on any atom is 0.241 e. The van der Waals surface area contributed by atoms with Gasteiger partial charge in [-0.25, -0.2) is 0 Å². The Labute approximate surface area is 151 Å². The zero-order valence-corrected chi connectivity index (χ0v) is 14.8. The molecule has 1 aliphatic rings. The van der Waals surface area contributed by atoms with Crippen molar-refractivity contribution >= 4 is 17.5 Å². The third-order valence-corrected chi connectivity index (χ3v) is 4.35. The summed E-state index contributed by atoms with van der Waals surface area (Å²) >= 11 is 0. The molecule has 0 aromatic carbocycles. The molecule has 0 bridgehead atoms. The molecule has 1 atom stereocenters. The maximum atomic E-state index is 12.7. The number of ether oxygens (including phenoxy) is 1. The molecule has 26 heavy (non-hydrogen) atoms. The predicted molar refractivity (Wildman–Crippen MR) is 95.7 cm³/mol. The maximum absolute atomic E-state index is 12.7. The highest BCUT2D eigenvalue weighted by Crippen LogP contribution is 2.30. The van der Waals surface area contributed by atoms with Gasteiger partial charge in [0.1, 0.15) is 6.54 Å². The van der Waals surface area contributed by atoms with E-state index in [-0.39, 0.29) is 24.3 Å². The zero-order chi connectivity index (χ0) is 18.4. The second-order valence-corrected chi connectivity index (χ2v) is 6.25. The van der Waals surface area contributed by atoms with E-state index >= 15 is 0 Å². The minimum Gasteiger partial charge on any atom is -0.383 e. The van der Waals surface area contributed by atoms with Gasteiger partial charge in [0.05, 0.1) is 30.1 Å². The van der Waals surface area contributed by atoms with E-state index in [1.807, 2.05) is 12.1 Å². The van der Waals surface area contributed by atoms with E-state index < -0.39 is 0 Å². The lowest BCUT2D eigenvalue weighted by Crippen LogP contribution is -2.30. The molecule has 0 spiro atoms. The summed E-state index contributed by atoms with van der Waals surface area (Å²) in [5.74, 6) is -0.497. The van der Waals surface area contributed by atoms with E-state index in [1.165, 1.54) is 4.68 Å². The number of nitrogens with one attached hydrogen (secondary N) is 2. The molecule has 2 N–H and O–H groups in total. The lowest BCUT2D eigenvalue weighted by atomic mass is 9.86. The minimum atomic E-state index is -0.249. The summed E-state index contributed by atoms with van der Waals surface area (Å²) in [7, 11) is 1.58. The Hall–Kier alpha value is -2.74. The van der Waals surface area contributed by atoms with E-state index in [0.717, 1.165) is 30.5 Å². The molecule has 3 rings (SSSR count). The number of carbonyl (C=O) groups is 2. The standard InChI is InChI=1S/C18H23N5O3/c1-26-9-8-19-16(24)12-23-11-14(10-21-23)22-18(25)15-6-2-4-13-5-3-7-20-17(13)15/h3,5,7,10-11,15H,2,4,6,8-9,12H2,1H3,(H,19,24)(H,22,25). The number of pyridine rings is 1. The van der Waals surface area contributed by atoms with E-state index in [9.17, 15) is 9.59 Å². The molecule has 0 radical (unpaired) electrons. The number of nitrogens with zero attached hydrogens (tertiary/aromatic N) is 3. The highest BCUT2D eigenvalue weighted by Gasteiger charge is 2.27. The van der Waals surface area contributed by atoms with Crippen molar-refractivity contribution in [1.82, 2.24) is 20.1 Å². The molecule has 0 fully saturated rings. The van der Waals surface area contributed by atoms with Crippen LogP contribution in [-0.4, -0.2) is 46.8 Å². The van der Waals surface area contributed by atoms with Crippen LogP contribution in [0.2, 0.25) is 0 Å². The van der Waals surface area contributed by atoms with Crippen LogP contribution in [0.25, 0.3) is 0 Å². The Bertz CT molecular complexity index is 774. The number of methoxy groups -OCH3 is 1. The molecule has 0 aliphatic heterocycles. The van der Waals surface area contributed by atoms with Gasteiger partial charge in [-0.1, -0.05) is 6.07 Å². The number of aryl methyl sites for hydroxylation is 1. The summed E-state index contributed by atoms with van der Waals surface area (Å²) in [5, 5.41) is 9.73. The zero-order valence-electron chi connectivity index (χ0n) is 14.8. The number of hydrogen-bond acceptors (Lipinski definition) is 5. The quantitative estimate of drug-likeness (QED) is 0.723. The Kier molecular flexibility index (Phi) is 5.96. The summed E-state index contributed by atoms with van der Waals surface area (Å²) in [6, 6.07) is 3.93. The van der Waals surface area contributed by atoms with Gasteiger partial charge in [-0.05, 0) is 30.9 Å². The van der Waals surface area contributed by atoms with Gasteiger partial charge >= 0.3 is 0 Å². The largest absolute Gasteiger partial charge is 0.383 e. The van der Waals surface area contributed by atoms with Crippen LogP contribution >= 0.6 is 0 Å². The Morgan fingerprint density at radius 1 is 1.42 bits per heavy atom. The average Bonchev–Trinajstić information content (AvgIpc) is 3.08. The molecule has 2 aromatic heterocycles. The smallest absolute Gasteiger partial charge is 0.241 e. The first kappa shape index (κ1) is 18.1. The molecule has 138 valence electrons. The topological polar surface area (TPSA) is 98.1 Å². The average molecular weight is 357 g/mol. The van der Waals surface area contributed by atoms with E-state index in [1.54, 1.807) is 25.7 Å². The molecular formula is C18H23N5O3. The van der Waals surface area contributed by atoms with Crippen molar-refractivity contribution in [3.8, 4) is 0 Å². The summed E-state index contributed by atoms with van der Waals surface area (Å²) in [6.07, 6.45) is 7.63. The van der Waals surface area contributed by atoms with Crippen LogP contribution in [0.5, 0.6) is 0 Å². The van der Waals surface area contributed by atoms with Gasteiger partial charge in [-0.2, -0.15) is 5.10 Å². The van der Waals surface area contributed by atoms with Gasteiger partial charge in [-0.3, -0.25) is 19.3 Å². The van der Waals surface area contributed by atoms with Crippen LogP contribution in [0.1, 0.15) is 30.0 Å². The van der Waals surface area contributed by atoms with Crippen LogP contribution in [0, 0.1) is 0 Å². The minimum absolute atomic E-state index is 0.0891. The predicted octanol–water partition coefficient (Wildman–Crippen LogP) is 1.10. The number of anilines is 1. The molecule has 0 saturated carbocycles. The van der Waals surface area contributed by atoms with Gasteiger partial charge in [0.15, 0.2) is 0 Å². The lowest BCUT2D eigenvalue weighted by molar-refractivity contribution is -0.122. The number of fused-ring (bicyclic) bond motifs is 1. The summed E-state index contributed by atoms with van der Waals surface area (Å²) in [5.41, 5.74) is 2.58. The highest BCUT2D eigenvalue weighted by molar-refractivity contribution is 5.95. The summed E-state index contributed by atoms with van der Waals surface area (Å²) < 4.78 is 6.37. The molecule has 8 heteroatoms. The fourth-order valence-corrected chi connectivity index (χ4v) is 3.10. The lowest BCUT2D eigenvalue weighted by Gasteiger charge is -2.23. The Morgan fingerprint density at radius 3 is 3.15 bits per heavy atom. The van der Waals surface area contributed by atoms with E-state index in [2.05, 4.69) is 20.7 Å². The molecule has 2 amide bonds. The van der Waals surface area contributed by atoms with E-state index in [0.29, 0.717) is 18.8 Å². The van der Waals surface area contributed by atoms with Crippen molar-refractivity contribution in [1.29, 1.82) is 0 Å². The van der Waals surface area contributed by atoms with Crippen molar-refractivity contribution in [2.75, 3.05) is 25.6 Å². The second-order valence-electron chi connectivity index (χ2n) is 6.25. The number of rotatable bonds is 7. The van der Waals surface area contributed by atoms with Gasteiger partial charge in [0.2, 0.25) is 11.8 Å². The van der Waals surface area contributed by atoms with Gasteiger partial charge in [0.25, 0.3) is 0 Å². The third-order valence-electron chi connectivity index (χ3n) is 4.35. The van der Waals surface area contributed by atoms with Crippen LogP contribution in [-0.2, 0) is 27.3 Å². The van der Waals surface area contributed by atoms with Crippen LogP contribution in [0.3, 0.4) is 0 Å².